The molecule has 0 fully saturated rings. The van der Waals surface area contributed by atoms with Gasteiger partial charge >= 0.3 is 0 Å². The van der Waals surface area contributed by atoms with Crippen LogP contribution in [0, 0.1) is 10.1 Å². The van der Waals surface area contributed by atoms with E-state index in [4.69, 9.17) is 4.74 Å². The molecule has 1 aromatic rings. The molecule has 1 N–H and O–H groups in total. The van der Waals surface area contributed by atoms with Crippen LogP contribution in [0.4, 0.5) is 11.5 Å². The van der Waals surface area contributed by atoms with Crippen LogP contribution in [0.3, 0.4) is 0 Å². The Kier molecular flexibility index (Phi) is 6.38. The van der Waals surface area contributed by atoms with E-state index in [1.807, 2.05) is 0 Å². The SMILES string of the molecule is COCCCNC(=O)CN(C)c1ccc([N+](=O)[O-])cn1. The van der Waals surface area contributed by atoms with Crippen LogP contribution in [0.1, 0.15) is 6.42 Å². The molecular formula is C12H18N4O4. The molecular weight excluding hydrogens is 264 g/mol. The van der Waals surface area contributed by atoms with Crippen molar-refractivity contribution in [1.29, 1.82) is 0 Å². The average Bonchev–Trinajstić information content (AvgIpc) is 2.43. The van der Waals surface area contributed by atoms with Gasteiger partial charge in [-0.2, -0.15) is 0 Å². The summed E-state index contributed by atoms with van der Waals surface area (Å²) in [4.78, 5) is 27.2. The maximum absolute atomic E-state index is 11.6. The second-order valence-electron chi connectivity index (χ2n) is 4.18. The molecule has 1 aromatic heterocycles. The van der Waals surface area contributed by atoms with Crippen molar-refractivity contribution in [2.24, 2.45) is 0 Å². The molecule has 8 heteroatoms. The molecule has 0 aliphatic carbocycles. The number of pyridine rings is 1. The number of ether oxygens (including phenoxy) is 1. The summed E-state index contributed by atoms with van der Waals surface area (Å²) in [5.41, 5.74) is -0.0776. The first-order valence-corrected chi connectivity index (χ1v) is 6.12. The molecule has 8 nitrogen and oxygen atoms in total. The van der Waals surface area contributed by atoms with Gasteiger partial charge in [0.25, 0.3) is 5.69 Å². The van der Waals surface area contributed by atoms with E-state index in [9.17, 15) is 14.9 Å². The lowest BCUT2D eigenvalue weighted by Gasteiger charge is -2.17. The highest BCUT2D eigenvalue weighted by molar-refractivity contribution is 5.80. The number of methoxy groups -OCH3 is 1. The Morgan fingerprint density at radius 3 is 2.85 bits per heavy atom. The number of carbonyl (C=O) groups excluding carboxylic acids is 1. The summed E-state index contributed by atoms with van der Waals surface area (Å²) >= 11 is 0. The average molecular weight is 282 g/mol. The van der Waals surface area contributed by atoms with E-state index in [2.05, 4.69) is 10.3 Å². The van der Waals surface area contributed by atoms with Crippen molar-refractivity contribution in [2.45, 2.75) is 6.42 Å². The second-order valence-corrected chi connectivity index (χ2v) is 4.18. The molecule has 0 aromatic carbocycles. The minimum Gasteiger partial charge on any atom is -0.385 e. The summed E-state index contributed by atoms with van der Waals surface area (Å²) in [5.74, 6) is 0.367. The van der Waals surface area contributed by atoms with Crippen LogP contribution in [0.5, 0.6) is 0 Å². The standard InChI is InChI=1S/C12H18N4O4/c1-15(9-12(17)13-6-3-7-20-2)11-5-4-10(8-14-11)16(18)19/h4-5,8H,3,6-7,9H2,1-2H3,(H,13,17). The maximum Gasteiger partial charge on any atom is 0.287 e. The van der Waals surface area contributed by atoms with Crippen molar-refractivity contribution in [3.8, 4) is 0 Å². The molecule has 0 bridgehead atoms. The topological polar surface area (TPSA) is 97.6 Å². The lowest BCUT2D eigenvalue weighted by atomic mass is 10.4. The minimum atomic E-state index is -0.515. The molecule has 20 heavy (non-hydrogen) atoms. The van der Waals surface area contributed by atoms with Gasteiger partial charge in [0.2, 0.25) is 5.91 Å². The van der Waals surface area contributed by atoms with Crippen molar-refractivity contribution < 1.29 is 14.5 Å². The normalized spacial score (nSPS) is 10.1. The fraction of sp³-hybridized carbons (Fsp3) is 0.500. The van der Waals surface area contributed by atoms with Crippen LogP contribution in [0.2, 0.25) is 0 Å². The zero-order chi connectivity index (χ0) is 15.0. The molecule has 0 saturated carbocycles. The lowest BCUT2D eigenvalue weighted by Crippen LogP contribution is -2.36. The minimum absolute atomic E-state index is 0.0776. The number of anilines is 1. The van der Waals surface area contributed by atoms with Crippen LogP contribution < -0.4 is 10.2 Å². The Balaban J connectivity index is 2.43. The van der Waals surface area contributed by atoms with E-state index < -0.39 is 4.92 Å². The van der Waals surface area contributed by atoms with Gasteiger partial charge in [0.1, 0.15) is 12.0 Å². The largest absolute Gasteiger partial charge is 0.385 e. The third-order valence-corrected chi connectivity index (χ3v) is 2.56. The van der Waals surface area contributed by atoms with E-state index in [1.165, 1.54) is 18.3 Å². The van der Waals surface area contributed by atoms with Gasteiger partial charge in [-0.25, -0.2) is 4.98 Å². The number of amides is 1. The van der Waals surface area contributed by atoms with Crippen molar-refractivity contribution >= 4 is 17.4 Å². The lowest BCUT2D eigenvalue weighted by molar-refractivity contribution is -0.385. The molecule has 110 valence electrons. The Morgan fingerprint density at radius 2 is 2.30 bits per heavy atom. The monoisotopic (exact) mass is 282 g/mol. The van der Waals surface area contributed by atoms with Gasteiger partial charge in [-0.1, -0.05) is 0 Å². The van der Waals surface area contributed by atoms with Crippen LogP contribution in [0.15, 0.2) is 18.3 Å². The summed E-state index contributed by atoms with van der Waals surface area (Å²) in [6, 6.07) is 2.87. The predicted octanol–water partition coefficient (Wildman–Crippen LogP) is 0.579. The van der Waals surface area contributed by atoms with Gasteiger partial charge < -0.3 is 15.0 Å². The molecule has 0 spiro atoms. The molecule has 0 atom stereocenters. The van der Waals surface area contributed by atoms with Gasteiger partial charge in [-0.3, -0.25) is 14.9 Å². The first kappa shape index (κ1) is 15.8. The van der Waals surface area contributed by atoms with Gasteiger partial charge in [0, 0.05) is 33.4 Å². The Bertz CT molecular complexity index is 449. The number of aromatic nitrogens is 1. The fourth-order valence-electron chi connectivity index (χ4n) is 1.51. The number of hydrogen-bond acceptors (Lipinski definition) is 6. The number of likely N-dealkylation sites (N-methyl/N-ethyl adjacent to an activating group) is 1. The molecule has 1 rings (SSSR count). The van der Waals surface area contributed by atoms with Crippen molar-refractivity contribution in [3.05, 3.63) is 28.4 Å². The number of hydrogen-bond donors (Lipinski definition) is 1. The van der Waals surface area contributed by atoms with Crippen LogP contribution in [0.25, 0.3) is 0 Å². The van der Waals surface area contributed by atoms with Crippen LogP contribution in [-0.2, 0) is 9.53 Å². The Hall–Kier alpha value is -2.22. The zero-order valence-corrected chi connectivity index (χ0v) is 11.5. The van der Waals surface area contributed by atoms with Gasteiger partial charge in [0.15, 0.2) is 0 Å². The number of nitro groups is 1. The number of carbonyl (C=O) groups is 1. The molecule has 0 aliphatic heterocycles. The van der Waals surface area contributed by atoms with Crippen LogP contribution >= 0.6 is 0 Å². The van der Waals surface area contributed by atoms with Gasteiger partial charge in [0.05, 0.1) is 11.5 Å². The molecule has 0 radical (unpaired) electrons. The molecule has 1 heterocycles. The van der Waals surface area contributed by atoms with E-state index in [0.29, 0.717) is 19.0 Å². The first-order chi connectivity index (χ1) is 9.54. The quantitative estimate of drug-likeness (QED) is 0.425. The van der Waals surface area contributed by atoms with E-state index in [1.54, 1.807) is 19.1 Å². The highest BCUT2D eigenvalue weighted by Crippen LogP contribution is 2.14. The summed E-state index contributed by atoms with van der Waals surface area (Å²) in [5, 5.41) is 13.3. The number of rotatable bonds is 8. The number of nitrogens with zero attached hydrogens (tertiary/aromatic N) is 3. The zero-order valence-electron chi connectivity index (χ0n) is 11.5. The first-order valence-electron chi connectivity index (χ1n) is 6.12. The van der Waals surface area contributed by atoms with Gasteiger partial charge in [-0.15, -0.1) is 0 Å². The summed E-state index contributed by atoms with van der Waals surface area (Å²) in [6.45, 7) is 1.28. The maximum atomic E-state index is 11.6. The highest BCUT2D eigenvalue weighted by Gasteiger charge is 2.10. The summed E-state index contributed by atoms with van der Waals surface area (Å²) in [7, 11) is 3.30. The van der Waals surface area contributed by atoms with E-state index in [-0.39, 0.29) is 18.1 Å². The highest BCUT2D eigenvalue weighted by atomic mass is 16.6. The van der Waals surface area contributed by atoms with E-state index in [0.717, 1.165) is 6.42 Å². The Morgan fingerprint density at radius 1 is 1.55 bits per heavy atom. The molecule has 0 aliphatic rings. The van der Waals surface area contributed by atoms with Crippen molar-refractivity contribution in [3.63, 3.8) is 0 Å². The van der Waals surface area contributed by atoms with E-state index >= 15 is 0 Å². The van der Waals surface area contributed by atoms with Crippen molar-refractivity contribution in [1.82, 2.24) is 10.3 Å². The predicted molar refractivity (Wildman–Crippen MR) is 73.7 cm³/mol. The Labute approximate surface area is 116 Å². The molecule has 0 saturated heterocycles. The smallest absolute Gasteiger partial charge is 0.287 e. The fourth-order valence-corrected chi connectivity index (χ4v) is 1.51. The number of nitrogens with one attached hydrogen (secondary N) is 1. The summed E-state index contributed by atoms with van der Waals surface area (Å²) < 4.78 is 4.88. The molecule has 0 unspecified atom stereocenters. The second kappa shape index (κ2) is 8.05. The molecule has 1 amide bonds. The third-order valence-electron chi connectivity index (χ3n) is 2.56. The van der Waals surface area contributed by atoms with Crippen LogP contribution in [-0.4, -0.2) is 49.7 Å². The van der Waals surface area contributed by atoms with Gasteiger partial charge in [-0.05, 0) is 12.5 Å². The van der Waals surface area contributed by atoms with Crippen molar-refractivity contribution in [2.75, 3.05) is 38.8 Å². The summed E-state index contributed by atoms with van der Waals surface area (Å²) in [6.07, 6.45) is 1.92. The third kappa shape index (κ3) is 5.19.